The smallest absolute Gasteiger partial charge is 0.149 e. The number of aromatic nitrogens is 2. The predicted molar refractivity (Wildman–Crippen MR) is 82.9 cm³/mol. The van der Waals surface area contributed by atoms with Crippen LogP contribution < -0.4 is 0 Å². The fourth-order valence-corrected chi connectivity index (χ4v) is 2.80. The number of halogens is 1. The van der Waals surface area contributed by atoms with Crippen molar-refractivity contribution in [3.05, 3.63) is 60.3 Å². The minimum Gasteiger partial charge on any atom is -0.370 e. The number of para-hydroxylation sites is 1. The summed E-state index contributed by atoms with van der Waals surface area (Å²) in [4.78, 5) is 8.57. The van der Waals surface area contributed by atoms with Crippen molar-refractivity contribution in [1.29, 1.82) is 0 Å². The van der Waals surface area contributed by atoms with Crippen LogP contribution in [0, 0.1) is 5.82 Å². The van der Waals surface area contributed by atoms with Gasteiger partial charge in [-0.25, -0.2) is 4.39 Å². The van der Waals surface area contributed by atoms with Crippen molar-refractivity contribution in [2.45, 2.75) is 18.9 Å². The van der Waals surface area contributed by atoms with Crippen molar-refractivity contribution in [2.24, 2.45) is 0 Å². The highest BCUT2D eigenvalue weighted by Crippen LogP contribution is 2.37. The van der Waals surface area contributed by atoms with Gasteiger partial charge in [0.15, 0.2) is 0 Å². The van der Waals surface area contributed by atoms with Crippen molar-refractivity contribution in [3.63, 3.8) is 0 Å². The predicted octanol–water partition coefficient (Wildman–Crippen LogP) is 4.07. The Morgan fingerprint density at radius 3 is 2.73 bits per heavy atom. The Balaban J connectivity index is 1.80. The second kappa shape index (κ2) is 4.85. The molecule has 1 aliphatic rings. The summed E-state index contributed by atoms with van der Waals surface area (Å²) in [5.41, 5.74) is 3.11. The highest BCUT2D eigenvalue weighted by atomic mass is 19.1. The molecule has 22 heavy (non-hydrogen) atoms. The van der Waals surface area contributed by atoms with Gasteiger partial charge in [-0.3, -0.25) is 9.97 Å². The fourth-order valence-electron chi connectivity index (χ4n) is 2.80. The molecular formula is C18H15FN2O. The fraction of sp³-hybridized carbons (Fsp3) is 0.222. The lowest BCUT2D eigenvalue weighted by atomic mass is 9.88. The van der Waals surface area contributed by atoms with Crippen LogP contribution in [0.2, 0.25) is 0 Å². The Bertz CT molecular complexity index is 859. The first kappa shape index (κ1) is 13.3. The molecule has 0 N–H and O–H groups in total. The van der Waals surface area contributed by atoms with E-state index in [9.17, 15) is 4.39 Å². The summed E-state index contributed by atoms with van der Waals surface area (Å²) in [5.74, 6) is -0.300. The summed E-state index contributed by atoms with van der Waals surface area (Å²) in [6.07, 6.45) is 6.33. The summed E-state index contributed by atoms with van der Waals surface area (Å²) < 4.78 is 19.4. The molecule has 1 aromatic carbocycles. The Kier molecular flexibility index (Phi) is 2.94. The number of benzene rings is 1. The van der Waals surface area contributed by atoms with Crippen LogP contribution in [0.5, 0.6) is 0 Å². The van der Waals surface area contributed by atoms with Crippen LogP contribution in [-0.4, -0.2) is 16.6 Å². The number of nitrogens with zero attached hydrogens (tertiary/aromatic N) is 2. The summed E-state index contributed by atoms with van der Waals surface area (Å²) in [5, 5.41) is 0.786. The van der Waals surface area contributed by atoms with Crippen LogP contribution in [0.1, 0.15) is 18.9 Å². The Morgan fingerprint density at radius 2 is 1.95 bits per heavy atom. The number of pyridine rings is 2. The van der Waals surface area contributed by atoms with Crippen molar-refractivity contribution in [2.75, 3.05) is 6.61 Å². The molecule has 0 bridgehead atoms. The van der Waals surface area contributed by atoms with Crippen LogP contribution >= 0.6 is 0 Å². The second-order valence-corrected chi connectivity index (χ2v) is 5.83. The van der Waals surface area contributed by atoms with E-state index in [1.165, 1.54) is 6.07 Å². The van der Waals surface area contributed by atoms with Gasteiger partial charge in [-0.1, -0.05) is 12.1 Å². The van der Waals surface area contributed by atoms with Gasteiger partial charge in [0, 0.05) is 47.1 Å². The highest BCUT2D eigenvalue weighted by Gasteiger charge is 2.35. The summed E-state index contributed by atoms with van der Waals surface area (Å²) in [6.45, 7) is 2.86. The van der Waals surface area contributed by atoms with E-state index in [2.05, 4.69) is 23.0 Å². The maximum atomic E-state index is 13.7. The quantitative estimate of drug-likeness (QED) is 0.714. The normalized spacial score (nSPS) is 20.8. The first-order chi connectivity index (χ1) is 10.7. The van der Waals surface area contributed by atoms with E-state index >= 15 is 0 Å². The summed E-state index contributed by atoms with van der Waals surface area (Å²) >= 11 is 0. The molecule has 0 amide bonds. The van der Waals surface area contributed by atoms with E-state index in [1.807, 2.05) is 18.3 Å². The van der Waals surface area contributed by atoms with Gasteiger partial charge < -0.3 is 4.74 Å². The van der Waals surface area contributed by atoms with Gasteiger partial charge in [0.2, 0.25) is 0 Å². The first-order valence-electron chi connectivity index (χ1n) is 7.30. The third kappa shape index (κ3) is 2.07. The Labute approximate surface area is 127 Å². The van der Waals surface area contributed by atoms with Crippen molar-refractivity contribution < 1.29 is 9.13 Å². The van der Waals surface area contributed by atoms with E-state index in [0.29, 0.717) is 5.52 Å². The van der Waals surface area contributed by atoms with Crippen molar-refractivity contribution >= 4 is 10.9 Å². The molecule has 1 unspecified atom stereocenters. The van der Waals surface area contributed by atoms with Crippen LogP contribution in [0.25, 0.3) is 22.0 Å². The molecule has 4 heteroatoms. The standard InChI is InChI=1S/C18H15FN2O/c1-18(5-6-22-18)15-8-14(9-20-11-15)13-7-12-3-2-4-16(19)17(12)21-10-13/h2-4,7-11H,5-6H2,1H3. The highest BCUT2D eigenvalue weighted by molar-refractivity contribution is 5.83. The molecule has 3 aromatic rings. The molecule has 4 rings (SSSR count). The van der Waals surface area contributed by atoms with Crippen molar-refractivity contribution in [1.82, 2.24) is 9.97 Å². The van der Waals surface area contributed by atoms with Gasteiger partial charge in [0.05, 0.1) is 12.2 Å². The van der Waals surface area contributed by atoms with Crippen molar-refractivity contribution in [3.8, 4) is 11.1 Å². The third-order valence-corrected chi connectivity index (χ3v) is 4.34. The Morgan fingerprint density at radius 1 is 1.14 bits per heavy atom. The third-order valence-electron chi connectivity index (χ3n) is 4.34. The van der Waals surface area contributed by atoms with Gasteiger partial charge >= 0.3 is 0 Å². The van der Waals surface area contributed by atoms with E-state index in [-0.39, 0.29) is 11.4 Å². The average molecular weight is 294 g/mol. The molecule has 3 nitrogen and oxygen atoms in total. The molecule has 0 aliphatic carbocycles. The number of fused-ring (bicyclic) bond motifs is 1. The maximum Gasteiger partial charge on any atom is 0.149 e. The molecule has 1 fully saturated rings. The summed E-state index contributed by atoms with van der Waals surface area (Å²) in [6, 6.07) is 9.00. The number of hydrogen-bond donors (Lipinski definition) is 0. The number of rotatable bonds is 2. The van der Waals surface area contributed by atoms with Gasteiger partial charge in [-0.15, -0.1) is 0 Å². The summed E-state index contributed by atoms with van der Waals surface area (Å²) in [7, 11) is 0. The van der Waals surface area contributed by atoms with Crippen LogP contribution in [0.15, 0.2) is 48.9 Å². The lowest BCUT2D eigenvalue weighted by Crippen LogP contribution is -2.37. The Hall–Kier alpha value is -2.33. The van der Waals surface area contributed by atoms with E-state index < -0.39 is 0 Å². The topological polar surface area (TPSA) is 35.0 Å². The molecule has 1 saturated heterocycles. The van der Waals surface area contributed by atoms with Gasteiger partial charge in [-0.05, 0) is 25.1 Å². The lowest BCUT2D eigenvalue weighted by Gasteiger charge is -2.39. The minimum absolute atomic E-state index is 0.237. The molecule has 110 valence electrons. The molecule has 0 saturated carbocycles. The monoisotopic (exact) mass is 294 g/mol. The van der Waals surface area contributed by atoms with E-state index in [1.54, 1.807) is 18.5 Å². The maximum absolute atomic E-state index is 13.7. The molecular weight excluding hydrogens is 279 g/mol. The molecule has 2 aromatic heterocycles. The van der Waals surface area contributed by atoms with Crippen LogP contribution in [-0.2, 0) is 10.3 Å². The molecule has 0 spiro atoms. The largest absolute Gasteiger partial charge is 0.370 e. The zero-order valence-electron chi connectivity index (χ0n) is 12.2. The van der Waals surface area contributed by atoms with Gasteiger partial charge in [0.1, 0.15) is 11.3 Å². The second-order valence-electron chi connectivity index (χ2n) is 5.83. The molecule has 1 atom stereocenters. The van der Waals surface area contributed by atoms with Gasteiger partial charge in [-0.2, -0.15) is 0 Å². The zero-order chi connectivity index (χ0) is 15.2. The average Bonchev–Trinajstić information content (AvgIpc) is 2.53. The lowest BCUT2D eigenvalue weighted by molar-refractivity contribution is -0.140. The first-order valence-corrected chi connectivity index (χ1v) is 7.30. The molecule has 0 radical (unpaired) electrons. The molecule has 3 heterocycles. The van der Waals surface area contributed by atoms with Gasteiger partial charge in [0.25, 0.3) is 0 Å². The van der Waals surface area contributed by atoms with Crippen LogP contribution in [0.3, 0.4) is 0 Å². The van der Waals surface area contributed by atoms with Crippen LogP contribution in [0.4, 0.5) is 4.39 Å². The van der Waals surface area contributed by atoms with E-state index in [4.69, 9.17) is 4.74 Å². The number of hydrogen-bond acceptors (Lipinski definition) is 3. The van der Waals surface area contributed by atoms with E-state index in [0.717, 1.165) is 35.1 Å². The molecule has 1 aliphatic heterocycles. The number of ether oxygens (including phenoxy) is 1. The zero-order valence-corrected chi connectivity index (χ0v) is 12.2. The minimum atomic E-state index is -0.300. The SMILES string of the molecule is CC1(c2cncc(-c3cnc4c(F)cccc4c3)c2)CCO1.